The van der Waals surface area contributed by atoms with Crippen LogP contribution in [0.3, 0.4) is 0 Å². The SMILES string of the molecule is CC(Cc1n[nH]c([N+](=O)[O-])n1)=NNC(=O)COc1ccccc1[N+](=O)[O-]. The van der Waals surface area contributed by atoms with Crippen molar-refractivity contribution in [3.63, 3.8) is 0 Å². The molecule has 1 aromatic carbocycles. The van der Waals surface area contributed by atoms with Crippen molar-refractivity contribution in [1.82, 2.24) is 20.6 Å². The number of aromatic amines is 1. The highest BCUT2D eigenvalue weighted by Gasteiger charge is 2.16. The lowest BCUT2D eigenvalue weighted by molar-refractivity contribution is -0.394. The maximum Gasteiger partial charge on any atom is 0.453 e. The van der Waals surface area contributed by atoms with Crippen molar-refractivity contribution in [2.24, 2.45) is 5.10 Å². The van der Waals surface area contributed by atoms with E-state index in [0.717, 1.165) is 0 Å². The molecular formula is C13H13N7O6. The normalized spacial score (nSPS) is 11.0. The van der Waals surface area contributed by atoms with Gasteiger partial charge in [0, 0.05) is 11.8 Å². The van der Waals surface area contributed by atoms with Gasteiger partial charge in [-0.2, -0.15) is 5.10 Å². The summed E-state index contributed by atoms with van der Waals surface area (Å²) in [6, 6.07) is 5.65. The number of benzene rings is 1. The standard InChI is InChI=1S/C13H13N7O6/c1-8(6-11-14-13(18-16-11)20(24)25)15-17-12(21)7-26-10-5-3-2-4-9(10)19(22)23/h2-5H,6-7H2,1H3,(H,17,21)(H,14,16,18). The van der Waals surface area contributed by atoms with Gasteiger partial charge < -0.3 is 14.9 Å². The second-order valence-electron chi connectivity index (χ2n) is 4.90. The first kappa shape index (κ1) is 18.4. The molecule has 0 aliphatic rings. The van der Waals surface area contributed by atoms with Crippen molar-refractivity contribution in [1.29, 1.82) is 0 Å². The average Bonchev–Trinajstić information content (AvgIpc) is 3.07. The van der Waals surface area contributed by atoms with Crippen LogP contribution in [0.25, 0.3) is 0 Å². The fraction of sp³-hybridized carbons (Fsp3) is 0.231. The highest BCUT2D eigenvalue weighted by Crippen LogP contribution is 2.25. The molecule has 0 saturated carbocycles. The molecule has 0 saturated heterocycles. The molecule has 0 fully saturated rings. The van der Waals surface area contributed by atoms with Crippen molar-refractivity contribution >= 4 is 23.3 Å². The molecule has 2 N–H and O–H groups in total. The van der Waals surface area contributed by atoms with E-state index >= 15 is 0 Å². The summed E-state index contributed by atoms with van der Waals surface area (Å²) in [4.78, 5) is 35.3. The summed E-state index contributed by atoms with van der Waals surface area (Å²) in [5, 5.41) is 30.9. The Morgan fingerprint density at radius 3 is 2.69 bits per heavy atom. The van der Waals surface area contributed by atoms with E-state index in [0.29, 0.717) is 5.71 Å². The number of rotatable bonds is 8. The Balaban J connectivity index is 1.86. The fourth-order valence-corrected chi connectivity index (χ4v) is 1.78. The van der Waals surface area contributed by atoms with E-state index in [-0.39, 0.29) is 23.7 Å². The lowest BCUT2D eigenvalue weighted by Gasteiger charge is -2.05. The number of nitrogens with zero attached hydrogens (tertiary/aromatic N) is 5. The van der Waals surface area contributed by atoms with Gasteiger partial charge in [-0.15, -0.1) is 5.10 Å². The summed E-state index contributed by atoms with van der Waals surface area (Å²) in [5.41, 5.74) is 2.33. The Morgan fingerprint density at radius 2 is 2.04 bits per heavy atom. The zero-order valence-electron chi connectivity index (χ0n) is 13.4. The quantitative estimate of drug-likeness (QED) is 0.391. The van der Waals surface area contributed by atoms with Gasteiger partial charge in [0.05, 0.1) is 11.3 Å². The molecule has 1 aromatic heterocycles. The van der Waals surface area contributed by atoms with Crippen molar-refractivity contribution in [2.45, 2.75) is 13.3 Å². The number of ether oxygens (including phenoxy) is 1. The molecule has 13 nitrogen and oxygen atoms in total. The summed E-state index contributed by atoms with van der Waals surface area (Å²) >= 11 is 0. The van der Waals surface area contributed by atoms with Crippen molar-refractivity contribution < 1.29 is 19.4 Å². The summed E-state index contributed by atoms with van der Waals surface area (Å²) in [6.45, 7) is 1.08. The van der Waals surface area contributed by atoms with Crippen LogP contribution in [0, 0.1) is 20.2 Å². The predicted molar refractivity (Wildman–Crippen MR) is 86.6 cm³/mol. The second kappa shape index (κ2) is 8.27. The van der Waals surface area contributed by atoms with Crippen LogP contribution in [0.15, 0.2) is 29.4 Å². The third kappa shape index (κ3) is 5.05. The van der Waals surface area contributed by atoms with E-state index in [2.05, 4.69) is 25.7 Å². The molecule has 13 heteroatoms. The molecular weight excluding hydrogens is 350 g/mol. The first-order valence-corrected chi connectivity index (χ1v) is 7.10. The van der Waals surface area contributed by atoms with Crippen LogP contribution in [-0.2, 0) is 11.2 Å². The largest absolute Gasteiger partial charge is 0.477 e. The number of aromatic nitrogens is 3. The predicted octanol–water partition coefficient (Wildman–Crippen LogP) is 0.735. The lowest BCUT2D eigenvalue weighted by Crippen LogP contribution is -2.26. The van der Waals surface area contributed by atoms with Gasteiger partial charge in [-0.25, -0.2) is 5.43 Å². The number of nitro benzene ring substituents is 1. The van der Waals surface area contributed by atoms with Crippen LogP contribution < -0.4 is 10.2 Å². The highest BCUT2D eigenvalue weighted by atomic mass is 16.6. The lowest BCUT2D eigenvalue weighted by atomic mass is 10.3. The van der Waals surface area contributed by atoms with E-state index in [1.54, 1.807) is 13.0 Å². The van der Waals surface area contributed by atoms with Crippen LogP contribution in [-0.4, -0.2) is 43.3 Å². The van der Waals surface area contributed by atoms with Crippen LogP contribution in [0.1, 0.15) is 12.7 Å². The number of H-pyrrole nitrogens is 1. The molecule has 1 heterocycles. The van der Waals surface area contributed by atoms with Crippen molar-refractivity contribution in [3.05, 3.63) is 50.3 Å². The zero-order valence-corrected chi connectivity index (χ0v) is 13.4. The van der Waals surface area contributed by atoms with Gasteiger partial charge in [0.1, 0.15) is 0 Å². The van der Waals surface area contributed by atoms with Crippen LogP contribution in [0.4, 0.5) is 11.6 Å². The van der Waals surface area contributed by atoms with Gasteiger partial charge in [0.2, 0.25) is 5.82 Å². The van der Waals surface area contributed by atoms with Gasteiger partial charge >= 0.3 is 11.6 Å². The Bertz CT molecular complexity index is 862. The first-order chi connectivity index (χ1) is 12.4. The molecule has 136 valence electrons. The van der Waals surface area contributed by atoms with Gasteiger partial charge in [-0.05, 0) is 22.9 Å². The summed E-state index contributed by atoms with van der Waals surface area (Å²) in [7, 11) is 0. The number of para-hydroxylation sites is 2. The Hall–Kier alpha value is -3.90. The van der Waals surface area contributed by atoms with E-state index < -0.39 is 28.3 Å². The molecule has 0 atom stereocenters. The third-order valence-corrected chi connectivity index (χ3v) is 2.90. The number of hydrazone groups is 1. The van der Waals surface area contributed by atoms with Gasteiger partial charge in [0.25, 0.3) is 5.91 Å². The minimum absolute atomic E-state index is 0.0404. The van der Waals surface area contributed by atoms with E-state index in [4.69, 9.17) is 4.74 Å². The fourth-order valence-electron chi connectivity index (χ4n) is 1.78. The topological polar surface area (TPSA) is 179 Å². The Morgan fingerprint density at radius 1 is 1.31 bits per heavy atom. The van der Waals surface area contributed by atoms with Gasteiger partial charge in [-0.1, -0.05) is 17.2 Å². The molecule has 0 spiro atoms. The maximum atomic E-state index is 11.7. The van der Waals surface area contributed by atoms with Gasteiger partial charge in [0.15, 0.2) is 12.4 Å². The van der Waals surface area contributed by atoms with Crippen molar-refractivity contribution in [2.75, 3.05) is 6.61 Å². The molecule has 0 bridgehead atoms. The molecule has 1 amide bonds. The van der Waals surface area contributed by atoms with Gasteiger partial charge in [-0.3, -0.25) is 14.9 Å². The molecule has 0 unspecified atom stereocenters. The molecule has 2 aromatic rings. The molecule has 26 heavy (non-hydrogen) atoms. The van der Waals surface area contributed by atoms with Crippen molar-refractivity contribution in [3.8, 4) is 5.75 Å². The number of nitro groups is 2. The molecule has 0 aliphatic heterocycles. The maximum absolute atomic E-state index is 11.7. The summed E-state index contributed by atoms with van der Waals surface area (Å²) < 4.78 is 5.11. The van der Waals surface area contributed by atoms with E-state index in [1.807, 2.05) is 0 Å². The highest BCUT2D eigenvalue weighted by molar-refractivity contribution is 5.85. The van der Waals surface area contributed by atoms with Crippen LogP contribution in [0.5, 0.6) is 5.75 Å². The zero-order chi connectivity index (χ0) is 19.1. The van der Waals surface area contributed by atoms with E-state index in [9.17, 15) is 25.0 Å². The van der Waals surface area contributed by atoms with Crippen LogP contribution in [0.2, 0.25) is 0 Å². The minimum Gasteiger partial charge on any atom is -0.477 e. The van der Waals surface area contributed by atoms with Crippen LogP contribution >= 0.6 is 0 Å². The first-order valence-electron chi connectivity index (χ1n) is 7.10. The van der Waals surface area contributed by atoms with E-state index in [1.165, 1.54) is 18.2 Å². The smallest absolute Gasteiger partial charge is 0.453 e. The Labute approximate surface area is 145 Å². The Kier molecular flexibility index (Phi) is 5.87. The molecule has 0 aliphatic carbocycles. The molecule has 2 rings (SSSR count). The second-order valence-corrected chi connectivity index (χ2v) is 4.90. The third-order valence-electron chi connectivity index (χ3n) is 2.90. The number of carbonyl (C=O) groups is 1. The summed E-state index contributed by atoms with van der Waals surface area (Å²) in [5.74, 6) is -1.03. The summed E-state index contributed by atoms with van der Waals surface area (Å²) in [6.07, 6.45) is 0.0790. The number of amides is 1. The minimum atomic E-state index is -0.717. The number of carbonyl (C=O) groups excluding carboxylic acids is 1. The number of nitrogens with one attached hydrogen (secondary N) is 2. The number of hydrogen-bond acceptors (Lipinski definition) is 9. The molecule has 0 radical (unpaired) electrons. The number of hydrogen-bond donors (Lipinski definition) is 2. The average molecular weight is 363 g/mol. The monoisotopic (exact) mass is 363 g/mol.